The Bertz CT molecular complexity index is 1050. The molecular formula is C22H24N2O3S. The van der Waals surface area contributed by atoms with E-state index in [-0.39, 0.29) is 11.7 Å². The van der Waals surface area contributed by atoms with Gasteiger partial charge in [0, 0.05) is 35.7 Å². The van der Waals surface area contributed by atoms with Crippen LogP contribution < -0.4 is 4.72 Å². The van der Waals surface area contributed by atoms with Gasteiger partial charge in [-0.3, -0.25) is 14.5 Å². The number of rotatable bonds is 7. The maximum Gasteiger partial charge on any atom is 0.235 e. The Morgan fingerprint density at radius 3 is 2.57 bits per heavy atom. The summed E-state index contributed by atoms with van der Waals surface area (Å²) in [6, 6.07) is 9.37. The highest BCUT2D eigenvalue weighted by atomic mass is 32.2. The molecule has 1 heterocycles. The smallest absolute Gasteiger partial charge is 0.235 e. The number of aromatic nitrogens is 1. The summed E-state index contributed by atoms with van der Waals surface area (Å²) in [5.74, 6) is 0.507. The molecule has 2 aliphatic rings. The highest BCUT2D eigenvalue weighted by molar-refractivity contribution is 7.93. The molecule has 0 atom stereocenters. The number of sulfonamides is 1. The van der Waals surface area contributed by atoms with Gasteiger partial charge in [-0.2, -0.15) is 0 Å². The number of fused-ring (bicyclic) bond motifs is 1. The molecule has 146 valence electrons. The van der Waals surface area contributed by atoms with Gasteiger partial charge < -0.3 is 0 Å². The van der Waals surface area contributed by atoms with Crippen LogP contribution in [0.4, 0.5) is 5.69 Å². The zero-order valence-electron chi connectivity index (χ0n) is 16.1. The average molecular weight is 397 g/mol. The number of carbonyl (C=O) groups is 1. The minimum absolute atomic E-state index is 0.227. The number of pyridine rings is 1. The van der Waals surface area contributed by atoms with Gasteiger partial charge in [-0.25, -0.2) is 8.42 Å². The number of nitrogens with zero attached hydrogens (tertiary/aromatic N) is 1. The normalized spacial score (nSPS) is 15.7. The second kappa shape index (κ2) is 7.17. The number of allylic oxidation sites excluding steroid dienone is 1. The van der Waals surface area contributed by atoms with Crippen molar-refractivity contribution in [2.45, 2.75) is 44.8 Å². The first-order valence-electron chi connectivity index (χ1n) is 9.67. The van der Waals surface area contributed by atoms with Gasteiger partial charge in [0.25, 0.3) is 0 Å². The summed E-state index contributed by atoms with van der Waals surface area (Å²) >= 11 is 0. The standard InChI is InChI=1S/C22H24N2O3S/c1-14(2)28(26,27)24-17-10-8-15(9-11-17)20-12-18(13-22(25)16-6-7-16)23-21-5-3-4-19(20)21/h3-4,8-12,14,16,24H,5-7,13H2,1-2H3. The number of nitrogens with one attached hydrogen (secondary N) is 1. The summed E-state index contributed by atoms with van der Waals surface area (Å²) in [7, 11) is -3.37. The quantitative estimate of drug-likeness (QED) is 0.768. The molecule has 0 saturated heterocycles. The van der Waals surface area contributed by atoms with E-state index in [1.165, 1.54) is 0 Å². The SMILES string of the molecule is CC(C)S(=O)(=O)Nc1ccc(-c2cc(CC(=O)C3CC3)nc3c2C=CC3)cc1. The van der Waals surface area contributed by atoms with Gasteiger partial charge in [0.05, 0.1) is 10.9 Å². The van der Waals surface area contributed by atoms with Gasteiger partial charge >= 0.3 is 0 Å². The van der Waals surface area contributed by atoms with Crippen LogP contribution in [0.5, 0.6) is 0 Å². The molecule has 28 heavy (non-hydrogen) atoms. The third kappa shape index (κ3) is 3.87. The lowest BCUT2D eigenvalue weighted by atomic mass is 9.97. The van der Waals surface area contributed by atoms with E-state index in [2.05, 4.69) is 16.9 Å². The van der Waals surface area contributed by atoms with Crippen LogP contribution in [0.3, 0.4) is 0 Å². The van der Waals surface area contributed by atoms with E-state index >= 15 is 0 Å². The van der Waals surface area contributed by atoms with Crippen molar-refractivity contribution in [1.29, 1.82) is 0 Å². The fraction of sp³-hybridized carbons (Fsp3) is 0.364. The first-order valence-corrected chi connectivity index (χ1v) is 11.2. The second-order valence-electron chi connectivity index (χ2n) is 7.82. The number of hydrogen-bond donors (Lipinski definition) is 1. The van der Waals surface area contributed by atoms with Crippen molar-refractivity contribution < 1.29 is 13.2 Å². The molecular weight excluding hydrogens is 372 g/mol. The second-order valence-corrected chi connectivity index (χ2v) is 10.1. The first-order chi connectivity index (χ1) is 13.3. The number of carbonyl (C=O) groups excluding carboxylic acids is 1. The Balaban J connectivity index is 1.63. The van der Waals surface area contributed by atoms with Crippen molar-refractivity contribution in [3.8, 4) is 11.1 Å². The van der Waals surface area contributed by atoms with Crippen LogP contribution in [0.15, 0.2) is 36.4 Å². The van der Waals surface area contributed by atoms with E-state index in [0.717, 1.165) is 47.3 Å². The van der Waals surface area contributed by atoms with E-state index in [1.807, 2.05) is 18.2 Å². The third-order valence-electron chi connectivity index (χ3n) is 5.25. The molecule has 1 aromatic carbocycles. The van der Waals surface area contributed by atoms with Crippen LogP contribution in [-0.2, 0) is 27.7 Å². The summed E-state index contributed by atoms with van der Waals surface area (Å²) < 4.78 is 26.7. The molecule has 5 nitrogen and oxygen atoms in total. The lowest BCUT2D eigenvalue weighted by Gasteiger charge is -2.13. The van der Waals surface area contributed by atoms with Crippen molar-refractivity contribution in [2.24, 2.45) is 5.92 Å². The van der Waals surface area contributed by atoms with Crippen molar-refractivity contribution in [2.75, 3.05) is 4.72 Å². The molecule has 0 unspecified atom stereocenters. The minimum Gasteiger partial charge on any atom is -0.299 e. The minimum atomic E-state index is -3.37. The molecule has 1 fully saturated rings. The van der Waals surface area contributed by atoms with Crippen molar-refractivity contribution in [1.82, 2.24) is 4.98 Å². The molecule has 0 amide bonds. The first kappa shape index (κ1) is 18.9. The Morgan fingerprint density at radius 1 is 1.21 bits per heavy atom. The fourth-order valence-electron chi connectivity index (χ4n) is 3.35. The van der Waals surface area contributed by atoms with E-state index in [9.17, 15) is 13.2 Å². The predicted molar refractivity (Wildman–Crippen MR) is 112 cm³/mol. The van der Waals surface area contributed by atoms with Gasteiger partial charge in [0.15, 0.2) is 0 Å². The molecule has 2 aliphatic carbocycles. The third-order valence-corrected chi connectivity index (χ3v) is 7.01. The molecule has 0 bridgehead atoms. The van der Waals surface area contributed by atoms with E-state index in [4.69, 9.17) is 4.98 Å². The number of Topliss-reactive ketones (excluding diaryl/α,β-unsaturated/α-hetero) is 1. The van der Waals surface area contributed by atoms with E-state index < -0.39 is 15.3 Å². The fourth-order valence-corrected chi connectivity index (χ4v) is 4.05. The van der Waals surface area contributed by atoms with Crippen LogP contribution in [0, 0.1) is 5.92 Å². The molecule has 1 saturated carbocycles. The van der Waals surface area contributed by atoms with Crippen molar-refractivity contribution in [3.63, 3.8) is 0 Å². The predicted octanol–water partition coefficient (Wildman–Crippen LogP) is 3.99. The molecule has 4 rings (SSSR count). The lowest BCUT2D eigenvalue weighted by molar-refractivity contribution is -0.119. The zero-order valence-corrected chi connectivity index (χ0v) is 16.9. The molecule has 1 N–H and O–H groups in total. The maximum absolute atomic E-state index is 12.2. The Hall–Kier alpha value is -2.47. The molecule has 0 spiro atoms. The summed E-state index contributed by atoms with van der Waals surface area (Å²) in [6.45, 7) is 3.29. The van der Waals surface area contributed by atoms with Gasteiger partial charge in [-0.05, 0) is 56.0 Å². The van der Waals surface area contributed by atoms with Crippen molar-refractivity contribution in [3.05, 3.63) is 53.4 Å². The van der Waals surface area contributed by atoms with Crippen LogP contribution in [0.2, 0.25) is 0 Å². The summed E-state index contributed by atoms with van der Waals surface area (Å²) in [5, 5.41) is -0.493. The van der Waals surface area contributed by atoms with Gasteiger partial charge in [-0.1, -0.05) is 24.3 Å². The average Bonchev–Trinajstić information content (AvgIpc) is 3.40. The van der Waals surface area contributed by atoms with Gasteiger partial charge in [-0.15, -0.1) is 0 Å². The zero-order chi connectivity index (χ0) is 19.9. The number of anilines is 1. The van der Waals surface area contributed by atoms with Gasteiger partial charge in [0.2, 0.25) is 10.0 Å². The molecule has 0 radical (unpaired) electrons. The Kier molecular flexibility index (Phi) is 4.83. The number of hydrogen-bond acceptors (Lipinski definition) is 4. The van der Waals surface area contributed by atoms with E-state index in [1.54, 1.807) is 26.0 Å². The van der Waals surface area contributed by atoms with Crippen molar-refractivity contribution >= 4 is 27.6 Å². The lowest BCUT2D eigenvalue weighted by Crippen LogP contribution is -2.22. The largest absolute Gasteiger partial charge is 0.299 e. The van der Waals surface area contributed by atoms with Crippen LogP contribution in [0.1, 0.15) is 43.6 Å². The Labute approximate surface area is 165 Å². The Morgan fingerprint density at radius 2 is 1.93 bits per heavy atom. The molecule has 0 aliphatic heterocycles. The maximum atomic E-state index is 12.2. The molecule has 1 aromatic heterocycles. The topological polar surface area (TPSA) is 76.1 Å². The number of ketones is 1. The summed E-state index contributed by atoms with van der Waals surface area (Å²) in [6.07, 6.45) is 7.33. The highest BCUT2D eigenvalue weighted by Gasteiger charge is 2.30. The summed E-state index contributed by atoms with van der Waals surface area (Å²) in [5.41, 5.74) is 5.47. The van der Waals surface area contributed by atoms with Crippen LogP contribution in [-0.4, -0.2) is 24.4 Å². The summed E-state index contributed by atoms with van der Waals surface area (Å²) in [4.78, 5) is 16.9. The molecule has 6 heteroatoms. The monoisotopic (exact) mass is 396 g/mol. The highest BCUT2D eigenvalue weighted by Crippen LogP contribution is 2.34. The van der Waals surface area contributed by atoms with E-state index in [0.29, 0.717) is 12.1 Å². The van der Waals surface area contributed by atoms with Gasteiger partial charge in [0.1, 0.15) is 5.78 Å². The molecule has 2 aromatic rings. The number of benzene rings is 1. The van der Waals surface area contributed by atoms with Crippen LogP contribution >= 0.6 is 0 Å². The van der Waals surface area contributed by atoms with Crippen LogP contribution in [0.25, 0.3) is 17.2 Å².